The van der Waals surface area contributed by atoms with Crippen LogP contribution in [0.5, 0.6) is 0 Å². The molecule has 2 aromatic carbocycles. The minimum atomic E-state index is -0.151. The molecule has 206 valence electrons. The number of benzene rings is 2. The van der Waals surface area contributed by atoms with Crippen molar-refractivity contribution in [1.82, 2.24) is 24.5 Å². The highest BCUT2D eigenvalue weighted by Crippen LogP contribution is 2.31. The van der Waals surface area contributed by atoms with E-state index in [2.05, 4.69) is 15.3 Å². The van der Waals surface area contributed by atoms with E-state index in [0.717, 1.165) is 28.1 Å². The Balaban J connectivity index is 1.32. The fraction of sp³-hybridized carbons (Fsp3) is 0.0909. The highest BCUT2D eigenvalue weighted by Gasteiger charge is 2.19. The minimum absolute atomic E-state index is 0.0714. The fourth-order valence-electron chi connectivity index (χ4n) is 4.86. The highest BCUT2D eigenvalue weighted by atomic mass is 16.1. The van der Waals surface area contributed by atoms with Crippen LogP contribution >= 0.6 is 0 Å². The van der Waals surface area contributed by atoms with Crippen molar-refractivity contribution in [3.8, 4) is 28.3 Å². The zero-order chi connectivity index (χ0) is 29.1. The molecule has 6 rings (SSSR count). The molecule has 9 nitrogen and oxygen atoms in total. The van der Waals surface area contributed by atoms with Gasteiger partial charge < -0.3 is 11.1 Å². The Labute approximate surface area is 242 Å². The summed E-state index contributed by atoms with van der Waals surface area (Å²) in [5.41, 5.74) is 13.2. The van der Waals surface area contributed by atoms with Crippen LogP contribution in [0, 0.1) is 0 Å². The molecular weight excluding hydrogens is 526 g/mol. The molecule has 1 amide bonds. The molecule has 0 aliphatic rings. The second-order valence-corrected chi connectivity index (χ2v) is 9.96. The SMILES string of the molecule is CC(=O)Cc1cccc(NC(=O)Cc2ccc(-n3c(-c4cccnc4N)nc4ccc(-c5cccnc5)nc43)cc2)c1. The number of hydrogen-bond acceptors (Lipinski definition) is 7. The molecule has 3 N–H and O–H groups in total. The molecule has 4 heterocycles. The minimum Gasteiger partial charge on any atom is -0.383 e. The number of pyridine rings is 3. The average Bonchev–Trinajstić information content (AvgIpc) is 3.36. The van der Waals surface area contributed by atoms with E-state index in [9.17, 15) is 9.59 Å². The van der Waals surface area contributed by atoms with Gasteiger partial charge in [-0.1, -0.05) is 24.3 Å². The summed E-state index contributed by atoms with van der Waals surface area (Å²) in [7, 11) is 0. The first kappa shape index (κ1) is 26.5. The Morgan fingerprint density at radius 1 is 0.857 bits per heavy atom. The van der Waals surface area contributed by atoms with Crippen LogP contribution in [0.15, 0.2) is 104 Å². The van der Waals surface area contributed by atoms with Crippen LogP contribution in [-0.4, -0.2) is 36.2 Å². The Hall–Kier alpha value is -5.70. The number of amides is 1. The quantitative estimate of drug-likeness (QED) is 0.257. The molecule has 4 aromatic heterocycles. The molecule has 0 aliphatic heterocycles. The van der Waals surface area contributed by atoms with Gasteiger partial charge in [0, 0.05) is 41.9 Å². The van der Waals surface area contributed by atoms with E-state index in [-0.39, 0.29) is 18.1 Å². The Kier molecular flexibility index (Phi) is 7.21. The number of nitrogen functional groups attached to an aromatic ring is 1. The normalized spacial score (nSPS) is 11.0. The topological polar surface area (TPSA) is 129 Å². The van der Waals surface area contributed by atoms with Crippen molar-refractivity contribution in [3.63, 3.8) is 0 Å². The van der Waals surface area contributed by atoms with Crippen molar-refractivity contribution in [1.29, 1.82) is 0 Å². The first-order chi connectivity index (χ1) is 20.4. The summed E-state index contributed by atoms with van der Waals surface area (Å²) in [5, 5.41) is 2.93. The highest BCUT2D eigenvalue weighted by molar-refractivity contribution is 5.92. The number of nitrogens with two attached hydrogens (primary N) is 1. The van der Waals surface area contributed by atoms with E-state index in [4.69, 9.17) is 15.7 Å². The van der Waals surface area contributed by atoms with Gasteiger partial charge in [-0.3, -0.25) is 19.1 Å². The monoisotopic (exact) mass is 553 g/mol. The van der Waals surface area contributed by atoms with Crippen molar-refractivity contribution in [2.45, 2.75) is 19.8 Å². The molecule has 0 bridgehead atoms. The number of fused-ring (bicyclic) bond motifs is 1. The molecule has 0 saturated heterocycles. The summed E-state index contributed by atoms with van der Waals surface area (Å²) in [5.74, 6) is 0.897. The molecule has 0 fully saturated rings. The maximum atomic E-state index is 12.8. The zero-order valence-corrected chi connectivity index (χ0v) is 22.9. The van der Waals surface area contributed by atoms with Gasteiger partial charge in [0.05, 0.1) is 17.7 Å². The number of hydrogen-bond donors (Lipinski definition) is 2. The van der Waals surface area contributed by atoms with Gasteiger partial charge in [-0.25, -0.2) is 15.0 Å². The maximum absolute atomic E-state index is 12.8. The smallest absolute Gasteiger partial charge is 0.228 e. The third kappa shape index (κ3) is 5.62. The first-order valence-electron chi connectivity index (χ1n) is 13.4. The number of nitrogens with one attached hydrogen (secondary N) is 1. The van der Waals surface area contributed by atoms with E-state index in [0.29, 0.717) is 40.5 Å². The van der Waals surface area contributed by atoms with Crippen molar-refractivity contribution in [2.75, 3.05) is 11.1 Å². The van der Waals surface area contributed by atoms with E-state index >= 15 is 0 Å². The van der Waals surface area contributed by atoms with Gasteiger partial charge in [-0.15, -0.1) is 0 Å². The number of nitrogens with zero attached hydrogens (tertiary/aromatic N) is 5. The number of carbonyl (C=O) groups excluding carboxylic acids is 2. The number of imidazole rings is 1. The summed E-state index contributed by atoms with van der Waals surface area (Å²) < 4.78 is 1.95. The average molecular weight is 554 g/mol. The Bertz CT molecular complexity index is 1920. The van der Waals surface area contributed by atoms with E-state index in [1.165, 1.54) is 0 Å². The fourth-order valence-corrected chi connectivity index (χ4v) is 4.86. The number of rotatable bonds is 8. The number of anilines is 2. The molecule has 9 heteroatoms. The number of Topliss-reactive ketones (excluding diaryl/α,β-unsaturated/α-hetero) is 1. The number of aromatic nitrogens is 5. The second kappa shape index (κ2) is 11.4. The number of carbonyl (C=O) groups is 2. The molecule has 0 saturated carbocycles. The maximum Gasteiger partial charge on any atom is 0.228 e. The predicted molar refractivity (Wildman–Crippen MR) is 163 cm³/mol. The third-order valence-electron chi connectivity index (χ3n) is 6.76. The lowest BCUT2D eigenvalue weighted by Crippen LogP contribution is -2.14. The molecule has 42 heavy (non-hydrogen) atoms. The van der Waals surface area contributed by atoms with E-state index in [1.807, 2.05) is 89.5 Å². The Morgan fingerprint density at radius 2 is 1.69 bits per heavy atom. The lowest BCUT2D eigenvalue weighted by atomic mass is 10.1. The summed E-state index contributed by atoms with van der Waals surface area (Å²) in [6, 6.07) is 26.4. The molecule has 0 atom stereocenters. The summed E-state index contributed by atoms with van der Waals surface area (Å²) >= 11 is 0. The van der Waals surface area contributed by atoms with Crippen LogP contribution in [-0.2, 0) is 22.4 Å². The van der Waals surface area contributed by atoms with Gasteiger partial charge in [-0.05, 0) is 78.7 Å². The lowest BCUT2D eigenvalue weighted by Gasteiger charge is -2.12. The van der Waals surface area contributed by atoms with Crippen LogP contribution in [0.2, 0.25) is 0 Å². The standard InChI is InChI=1S/C33H27N7O2/c1-21(41)17-23-5-2-7-25(18-23)37-30(42)19-22-9-11-26(12-10-22)40-32(27-8-4-16-36-31(27)34)39-29-14-13-28(38-33(29)40)24-6-3-15-35-20-24/h2-16,18,20H,17,19H2,1H3,(H2,34,36)(H,37,42). The van der Waals surface area contributed by atoms with Crippen LogP contribution in [0.25, 0.3) is 39.5 Å². The molecule has 0 spiro atoms. The van der Waals surface area contributed by atoms with Gasteiger partial charge >= 0.3 is 0 Å². The van der Waals surface area contributed by atoms with E-state index in [1.54, 1.807) is 25.5 Å². The molecule has 0 radical (unpaired) electrons. The van der Waals surface area contributed by atoms with Crippen molar-refractivity contribution in [2.24, 2.45) is 0 Å². The Morgan fingerprint density at radius 3 is 2.45 bits per heavy atom. The lowest BCUT2D eigenvalue weighted by molar-refractivity contribution is -0.116. The number of ketones is 1. The molecular formula is C33H27N7O2. The first-order valence-corrected chi connectivity index (χ1v) is 13.4. The van der Waals surface area contributed by atoms with Crippen LogP contribution in [0.1, 0.15) is 18.1 Å². The molecule has 6 aromatic rings. The van der Waals surface area contributed by atoms with Gasteiger partial charge in [0.25, 0.3) is 0 Å². The van der Waals surface area contributed by atoms with Crippen molar-refractivity contribution < 1.29 is 9.59 Å². The predicted octanol–water partition coefficient (Wildman–Crippen LogP) is 5.44. The van der Waals surface area contributed by atoms with Gasteiger partial charge in [0.15, 0.2) is 11.5 Å². The summed E-state index contributed by atoms with van der Waals surface area (Å²) in [6.45, 7) is 1.55. The van der Waals surface area contributed by atoms with Gasteiger partial charge in [0.1, 0.15) is 17.1 Å². The summed E-state index contributed by atoms with van der Waals surface area (Å²) in [6.07, 6.45) is 5.66. The summed E-state index contributed by atoms with van der Waals surface area (Å²) in [4.78, 5) is 42.6. The van der Waals surface area contributed by atoms with Gasteiger partial charge in [-0.2, -0.15) is 0 Å². The molecule has 0 aliphatic carbocycles. The van der Waals surface area contributed by atoms with Crippen molar-refractivity contribution >= 4 is 34.4 Å². The third-order valence-corrected chi connectivity index (χ3v) is 6.76. The van der Waals surface area contributed by atoms with Crippen LogP contribution in [0.4, 0.5) is 11.5 Å². The van der Waals surface area contributed by atoms with E-state index < -0.39 is 0 Å². The van der Waals surface area contributed by atoms with Gasteiger partial charge in [0.2, 0.25) is 5.91 Å². The largest absolute Gasteiger partial charge is 0.383 e. The van der Waals surface area contributed by atoms with Crippen molar-refractivity contribution in [3.05, 3.63) is 115 Å². The molecule has 0 unspecified atom stereocenters. The zero-order valence-electron chi connectivity index (χ0n) is 22.9. The van der Waals surface area contributed by atoms with Crippen LogP contribution < -0.4 is 11.1 Å². The second-order valence-electron chi connectivity index (χ2n) is 9.96. The van der Waals surface area contributed by atoms with Crippen LogP contribution in [0.3, 0.4) is 0 Å².